The number of allylic oxidation sites excluding steroid dienone is 1. The number of hydrogen-bond donors (Lipinski definition) is 0. The third kappa shape index (κ3) is 8.96. The molecule has 168 valence electrons. The first-order valence-corrected chi connectivity index (χ1v) is 11.8. The minimum Gasteiger partial charge on any atom is -0.495 e. The molecule has 31 heavy (non-hydrogen) atoms. The van der Waals surface area contributed by atoms with Crippen LogP contribution in [0.15, 0.2) is 42.5 Å². The van der Waals surface area contributed by atoms with Crippen LogP contribution in [0.25, 0.3) is 6.08 Å². The summed E-state index contributed by atoms with van der Waals surface area (Å²) in [7, 11) is 1.53. The van der Waals surface area contributed by atoms with E-state index in [4.69, 9.17) is 32.7 Å². The summed E-state index contributed by atoms with van der Waals surface area (Å²) in [5.41, 5.74) is 1.24. The molecular weight excluding hydrogens is 431 g/mol. The van der Waals surface area contributed by atoms with Gasteiger partial charge in [0.25, 0.3) is 0 Å². The minimum absolute atomic E-state index is 0.118. The lowest BCUT2D eigenvalue weighted by Crippen LogP contribution is -1.99. The SMILES string of the molecule is CCCCCCCCCCOc1ccc(C(=O)C=Cc2cc(Cl)cc(Cl)c2OC)cc1. The molecule has 3 nitrogen and oxygen atoms in total. The lowest BCUT2D eigenvalue weighted by Gasteiger charge is -2.08. The predicted molar refractivity (Wildman–Crippen MR) is 131 cm³/mol. The second kappa shape index (κ2) is 14.2. The van der Waals surface area contributed by atoms with Crippen LogP contribution in [0.5, 0.6) is 11.5 Å². The van der Waals surface area contributed by atoms with Crippen LogP contribution in [0.4, 0.5) is 0 Å². The van der Waals surface area contributed by atoms with E-state index >= 15 is 0 Å². The Balaban J connectivity index is 1.79. The number of rotatable bonds is 14. The lowest BCUT2D eigenvalue weighted by molar-refractivity contribution is 0.104. The van der Waals surface area contributed by atoms with E-state index in [-0.39, 0.29) is 5.78 Å². The highest BCUT2D eigenvalue weighted by molar-refractivity contribution is 6.36. The van der Waals surface area contributed by atoms with Crippen LogP contribution in [-0.2, 0) is 0 Å². The highest BCUT2D eigenvalue weighted by atomic mass is 35.5. The molecule has 0 fully saturated rings. The number of hydrogen-bond acceptors (Lipinski definition) is 3. The summed E-state index contributed by atoms with van der Waals surface area (Å²) in [6, 6.07) is 10.5. The standard InChI is InChI=1S/C26H32Cl2O3/c1-3-4-5-6-7-8-9-10-17-31-23-14-11-20(12-15-23)25(29)16-13-21-18-22(27)19-24(28)26(21)30-2/h11-16,18-19H,3-10,17H2,1-2H3. The molecule has 0 aliphatic rings. The third-order valence-electron chi connectivity index (χ3n) is 5.06. The van der Waals surface area contributed by atoms with Gasteiger partial charge in [0.05, 0.1) is 18.7 Å². The van der Waals surface area contributed by atoms with Gasteiger partial charge in [-0.2, -0.15) is 0 Å². The molecule has 0 saturated heterocycles. The van der Waals surface area contributed by atoms with Crippen molar-refractivity contribution in [1.29, 1.82) is 0 Å². The molecule has 0 atom stereocenters. The second-order valence-electron chi connectivity index (χ2n) is 7.56. The molecule has 2 aromatic carbocycles. The molecule has 0 radical (unpaired) electrons. The highest BCUT2D eigenvalue weighted by Crippen LogP contribution is 2.33. The Morgan fingerprint density at radius 1 is 0.935 bits per heavy atom. The lowest BCUT2D eigenvalue weighted by atomic mass is 10.1. The van der Waals surface area contributed by atoms with Gasteiger partial charge in [-0.05, 0) is 55.0 Å². The zero-order valence-corrected chi connectivity index (χ0v) is 20.0. The summed E-state index contributed by atoms with van der Waals surface area (Å²) in [4.78, 5) is 12.5. The van der Waals surface area contributed by atoms with Crippen LogP contribution in [0.2, 0.25) is 10.0 Å². The van der Waals surface area contributed by atoms with Gasteiger partial charge in [0.1, 0.15) is 11.5 Å². The van der Waals surface area contributed by atoms with E-state index in [2.05, 4.69) is 6.92 Å². The van der Waals surface area contributed by atoms with E-state index in [9.17, 15) is 4.79 Å². The summed E-state index contributed by atoms with van der Waals surface area (Å²) in [6.07, 6.45) is 13.3. The molecule has 0 unspecified atom stereocenters. The number of carbonyl (C=O) groups is 1. The Morgan fingerprint density at radius 2 is 1.58 bits per heavy atom. The zero-order valence-electron chi connectivity index (χ0n) is 18.5. The molecule has 0 bridgehead atoms. The summed E-state index contributed by atoms with van der Waals surface area (Å²) in [6.45, 7) is 2.95. The number of ether oxygens (including phenoxy) is 2. The van der Waals surface area contributed by atoms with E-state index in [1.54, 1.807) is 30.3 Å². The molecule has 0 heterocycles. The van der Waals surface area contributed by atoms with Gasteiger partial charge < -0.3 is 9.47 Å². The number of benzene rings is 2. The van der Waals surface area contributed by atoms with Gasteiger partial charge in [0.15, 0.2) is 5.78 Å². The number of methoxy groups -OCH3 is 1. The molecule has 0 aliphatic carbocycles. The zero-order chi connectivity index (χ0) is 22.5. The van der Waals surface area contributed by atoms with Crippen LogP contribution >= 0.6 is 23.2 Å². The predicted octanol–water partition coefficient (Wildman–Crippen LogP) is 8.42. The molecule has 0 spiro atoms. The number of carbonyl (C=O) groups excluding carboxylic acids is 1. The van der Waals surface area contributed by atoms with Gasteiger partial charge >= 0.3 is 0 Å². The van der Waals surface area contributed by atoms with Crippen LogP contribution < -0.4 is 9.47 Å². The van der Waals surface area contributed by atoms with Gasteiger partial charge in [-0.3, -0.25) is 4.79 Å². The first-order valence-electron chi connectivity index (χ1n) is 11.0. The third-order valence-corrected chi connectivity index (χ3v) is 5.56. The van der Waals surface area contributed by atoms with Crippen LogP contribution in [0.3, 0.4) is 0 Å². The molecule has 0 N–H and O–H groups in total. The summed E-state index contributed by atoms with van der Waals surface area (Å²) in [5.74, 6) is 1.15. The van der Waals surface area contributed by atoms with Crippen molar-refractivity contribution in [3.05, 3.63) is 63.6 Å². The van der Waals surface area contributed by atoms with Crippen molar-refractivity contribution >= 4 is 35.1 Å². The largest absolute Gasteiger partial charge is 0.495 e. The van der Waals surface area contributed by atoms with Crippen LogP contribution in [-0.4, -0.2) is 19.5 Å². The maximum absolute atomic E-state index is 12.5. The van der Waals surface area contributed by atoms with Gasteiger partial charge in [-0.25, -0.2) is 0 Å². The number of unbranched alkanes of at least 4 members (excludes halogenated alkanes) is 7. The summed E-state index contributed by atoms with van der Waals surface area (Å²) in [5, 5.41) is 0.885. The fourth-order valence-corrected chi connectivity index (χ4v) is 3.91. The minimum atomic E-state index is -0.118. The normalized spacial score (nSPS) is 11.1. The van der Waals surface area contributed by atoms with E-state index in [0.717, 1.165) is 12.2 Å². The Kier molecular flexibility index (Phi) is 11.6. The Hall–Kier alpha value is -1.97. The van der Waals surface area contributed by atoms with Crippen molar-refractivity contribution in [1.82, 2.24) is 0 Å². The molecule has 0 aliphatic heterocycles. The van der Waals surface area contributed by atoms with Crippen molar-refractivity contribution in [3.8, 4) is 11.5 Å². The highest BCUT2D eigenvalue weighted by Gasteiger charge is 2.09. The van der Waals surface area contributed by atoms with E-state index < -0.39 is 0 Å². The first-order chi connectivity index (χ1) is 15.0. The molecule has 2 rings (SSSR count). The van der Waals surface area contributed by atoms with E-state index in [1.807, 2.05) is 12.1 Å². The monoisotopic (exact) mass is 462 g/mol. The van der Waals surface area contributed by atoms with Gasteiger partial charge in [0.2, 0.25) is 0 Å². The van der Waals surface area contributed by atoms with Gasteiger partial charge in [-0.1, -0.05) is 75.1 Å². The van der Waals surface area contributed by atoms with Crippen molar-refractivity contribution in [2.45, 2.75) is 58.3 Å². The van der Waals surface area contributed by atoms with Crippen LogP contribution in [0.1, 0.15) is 74.2 Å². The topological polar surface area (TPSA) is 35.5 Å². The fourth-order valence-electron chi connectivity index (χ4n) is 3.32. The second-order valence-corrected chi connectivity index (χ2v) is 8.40. The van der Waals surface area contributed by atoms with E-state index in [0.29, 0.717) is 33.5 Å². The van der Waals surface area contributed by atoms with Gasteiger partial charge in [-0.15, -0.1) is 0 Å². The number of halogens is 2. The van der Waals surface area contributed by atoms with E-state index in [1.165, 1.54) is 58.1 Å². The van der Waals surface area contributed by atoms with Crippen molar-refractivity contribution in [2.24, 2.45) is 0 Å². The summed E-state index contributed by atoms with van der Waals surface area (Å²) >= 11 is 12.2. The first kappa shape index (κ1) is 25.3. The Morgan fingerprint density at radius 3 is 2.23 bits per heavy atom. The average Bonchev–Trinajstić information content (AvgIpc) is 2.76. The summed E-state index contributed by atoms with van der Waals surface area (Å²) < 4.78 is 11.1. The molecule has 0 amide bonds. The average molecular weight is 463 g/mol. The van der Waals surface area contributed by atoms with Crippen LogP contribution in [0, 0.1) is 0 Å². The van der Waals surface area contributed by atoms with Crippen molar-refractivity contribution in [3.63, 3.8) is 0 Å². The quantitative estimate of drug-likeness (QED) is 0.160. The number of ketones is 1. The molecule has 5 heteroatoms. The fraction of sp³-hybridized carbons (Fsp3) is 0.423. The Labute approximate surface area is 196 Å². The smallest absolute Gasteiger partial charge is 0.185 e. The molecule has 0 aromatic heterocycles. The maximum atomic E-state index is 12.5. The van der Waals surface area contributed by atoms with Crippen molar-refractivity contribution in [2.75, 3.05) is 13.7 Å². The molecule has 2 aromatic rings. The Bertz CT molecular complexity index is 844. The van der Waals surface area contributed by atoms with Gasteiger partial charge in [0, 0.05) is 16.1 Å². The molecule has 0 saturated carbocycles. The maximum Gasteiger partial charge on any atom is 0.185 e. The van der Waals surface area contributed by atoms with Crippen molar-refractivity contribution < 1.29 is 14.3 Å². The molecular formula is C26H32Cl2O3.